The first-order valence-electron chi connectivity index (χ1n) is 6.22. The average Bonchev–Trinajstić information content (AvgIpc) is 2.37. The molecule has 0 aliphatic carbocycles. The molecule has 1 aromatic rings. The summed E-state index contributed by atoms with van der Waals surface area (Å²) in [4.78, 5) is 12.1. The Morgan fingerprint density at radius 2 is 2.06 bits per heavy atom. The zero-order valence-corrected chi connectivity index (χ0v) is 11.0. The van der Waals surface area contributed by atoms with Gasteiger partial charge in [-0.3, -0.25) is 4.79 Å². The third-order valence-corrected chi connectivity index (χ3v) is 3.15. The van der Waals surface area contributed by atoms with E-state index < -0.39 is 6.10 Å². The fourth-order valence-corrected chi connectivity index (χ4v) is 1.65. The lowest BCUT2D eigenvalue weighted by molar-refractivity contribution is -0.132. The molecule has 0 aromatic heterocycles. The smallest absolute Gasteiger partial charge is 0.265 e. The van der Waals surface area contributed by atoms with Crippen molar-refractivity contribution in [3.8, 4) is 11.5 Å². The van der Waals surface area contributed by atoms with E-state index in [1.807, 2.05) is 39.0 Å². The van der Waals surface area contributed by atoms with Gasteiger partial charge in [-0.2, -0.15) is 0 Å². The van der Waals surface area contributed by atoms with Gasteiger partial charge in [0.15, 0.2) is 11.5 Å². The lowest BCUT2D eigenvalue weighted by atomic mass is 10.0. The summed E-state index contributed by atoms with van der Waals surface area (Å²) < 4.78 is 11.2. The maximum Gasteiger partial charge on any atom is 0.265 e. The largest absolute Gasteiger partial charge is 0.485 e. The van der Waals surface area contributed by atoms with E-state index >= 15 is 0 Å². The molecule has 0 fully saturated rings. The van der Waals surface area contributed by atoms with Crippen LogP contribution in [0.25, 0.3) is 0 Å². The van der Waals surface area contributed by atoms with Crippen LogP contribution in [0.3, 0.4) is 0 Å². The summed E-state index contributed by atoms with van der Waals surface area (Å²) in [5.74, 6) is 1.19. The molecule has 1 aromatic carbocycles. The molecule has 1 aliphatic rings. The summed E-state index contributed by atoms with van der Waals surface area (Å²) in [6.45, 7) is 6.27. The summed E-state index contributed by atoms with van der Waals surface area (Å²) in [6, 6.07) is 7.38. The Hall–Kier alpha value is -1.71. The predicted octanol–water partition coefficient (Wildman–Crippen LogP) is 2.13. The highest BCUT2D eigenvalue weighted by molar-refractivity contribution is 5.82. The number of carbonyl (C=O) groups is 1. The number of para-hydroxylation sites is 2. The molecule has 1 heterocycles. The molecule has 1 atom stereocenters. The highest BCUT2D eigenvalue weighted by atomic mass is 16.6. The van der Waals surface area contributed by atoms with E-state index in [1.165, 1.54) is 0 Å². The number of nitrogens with one attached hydrogen (secondary N) is 1. The first-order chi connectivity index (χ1) is 8.52. The standard InChI is InChI=1S/C14H19NO3/c1-4-14(2,3)15-13(16)12-9-17-10-7-5-6-8-11(10)18-12/h5-8,12H,4,9H2,1-3H3,(H,15,16). The van der Waals surface area contributed by atoms with Crippen LogP contribution in [0.2, 0.25) is 0 Å². The van der Waals surface area contributed by atoms with Crippen LogP contribution >= 0.6 is 0 Å². The molecule has 0 saturated heterocycles. The Balaban J connectivity index is 2.03. The van der Waals surface area contributed by atoms with Crippen molar-refractivity contribution in [2.24, 2.45) is 0 Å². The first kappa shape index (κ1) is 12.7. The zero-order chi connectivity index (χ0) is 13.2. The van der Waals surface area contributed by atoms with Crippen molar-refractivity contribution in [1.29, 1.82) is 0 Å². The van der Waals surface area contributed by atoms with Gasteiger partial charge in [-0.25, -0.2) is 0 Å². The molecule has 1 amide bonds. The molecule has 18 heavy (non-hydrogen) atoms. The number of carbonyl (C=O) groups excluding carboxylic acids is 1. The molecule has 1 N–H and O–H groups in total. The second-order valence-corrected chi connectivity index (χ2v) is 5.09. The zero-order valence-electron chi connectivity index (χ0n) is 11.0. The lowest BCUT2D eigenvalue weighted by Gasteiger charge is -2.30. The topological polar surface area (TPSA) is 47.6 Å². The molecule has 1 unspecified atom stereocenters. The van der Waals surface area contributed by atoms with Crippen molar-refractivity contribution in [3.05, 3.63) is 24.3 Å². The highest BCUT2D eigenvalue weighted by Crippen LogP contribution is 2.30. The summed E-state index contributed by atoms with van der Waals surface area (Å²) >= 11 is 0. The minimum atomic E-state index is -0.578. The molecule has 4 nitrogen and oxygen atoms in total. The van der Waals surface area contributed by atoms with Crippen LogP contribution in [0.1, 0.15) is 27.2 Å². The van der Waals surface area contributed by atoms with Crippen LogP contribution in [0, 0.1) is 0 Å². The summed E-state index contributed by atoms with van der Waals surface area (Å²) in [5.41, 5.74) is -0.225. The van der Waals surface area contributed by atoms with Crippen molar-refractivity contribution in [3.63, 3.8) is 0 Å². The van der Waals surface area contributed by atoms with Gasteiger partial charge >= 0.3 is 0 Å². The van der Waals surface area contributed by atoms with Gasteiger partial charge in [0.1, 0.15) is 6.61 Å². The SMILES string of the molecule is CCC(C)(C)NC(=O)C1COc2ccccc2O1. The molecule has 0 radical (unpaired) electrons. The van der Waals surface area contributed by atoms with E-state index in [1.54, 1.807) is 6.07 Å². The Kier molecular flexibility index (Phi) is 3.45. The van der Waals surface area contributed by atoms with Crippen molar-refractivity contribution in [1.82, 2.24) is 5.32 Å². The molecular weight excluding hydrogens is 230 g/mol. The minimum Gasteiger partial charge on any atom is -0.485 e. The molecule has 98 valence electrons. The average molecular weight is 249 g/mol. The molecule has 2 rings (SSSR count). The van der Waals surface area contributed by atoms with Gasteiger partial charge in [-0.05, 0) is 32.4 Å². The normalized spacial score (nSPS) is 18.3. The summed E-state index contributed by atoms with van der Waals surface area (Å²) in [5, 5.41) is 2.96. The van der Waals surface area contributed by atoms with Gasteiger partial charge in [0.25, 0.3) is 5.91 Å². The third kappa shape index (κ3) is 2.75. The van der Waals surface area contributed by atoms with E-state index in [-0.39, 0.29) is 18.1 Å². The Labute approximate surface area is 107 Å². The maximum atomic E-state index is 12.1. The molecule has 1 aliphatic heterocycles. The van der Waals surface area contributed by atoms with Crippen molar-refractivity contribution in [2.45, 2.75) is 38.8 Å². The van der Waals surface area contributed by atoms with Gasteiger partial charge in [0, 0.05) is 5.54 Å². The number of hydrogen-bond acceptors (Lipinski definition) is 3. The third-order valence-electron chi connectivity index (χ3n) is 3.15. The second kappa shape index (κ2) is 4.88. The number of ether oxygens (including phenoxy) is 2. The summed E-state index contributed by atoms with van der Waals surface area (Å²) in [6.07, 6.45) is 0.286. The minimum absolute atomic E-state index is 0.128. The van der Waals surface area contributed by atoms with Gasteiger partial charge in [-0.15, -0.1) is 0 Å². The van der Waals surface area contributed by atoms with E-state index in [0.717, 1.165) is 6.42 Å². The highest BCUT2D eigenvalue weighted by Gasteiger charge is 2.30. The Bertz CT molecular complexity index is 442. The van der Waals surface area contributed by atoms with Gasteiger partial charge in [0.2, 0.25) is 6.10 Å². The molecule has 0 bridgehead atoms. The number of hydrogen-bond donors (Lipinski definition) is 1. The van der Waals surface area contributed by atoms with Crippen LogP contribution in [0.5, 0.6) is 11.5 Å². The van der Waals surface area contributed by atoms with Crippen molar-refractivity contribution < 1.29 is 14.3 Å². The number of amides is 1. The monoisotopic (exact) mass is 249 g/mol. The van der Waals surface area contributed by atoms with Crippen LogP contribution in [-0.2, 0) is 4.79 Å². The van der Waals surface area contributed by atoms with E-state index in [2.05, 4.69) is 5.32 Å². The fraction of sp³-hybridized carbons (Fsp3) is 0.500. The van der Waals surface area contributed by atoms with Crippen LogP contribution < -0.4 is 14.8 Å². The van der Waals surface area contributed by atoms with Crippen LogP contribution in [-0.4, -0.2) is 24.2 Å². The first-order valence-corrected chi connectivity index (χ1v) is 6.22. The number of fused-ring (bicyclic) bond motifs is 1. The predicted molar refractivity (Wildman–Crippen MR) is 68.9 cm³/mol. The molecular formula is C14H19NO3. The quantitative estimate of drug-likeness (QED) is 0.892. The molecule has 0 spiro atoms. The number of benzene rings is 1. The van der Waals surface area contributed by atoms with Crippen LogP contribution in [0.4, 0.5) is 0 Å². The van der Waals surface area contributed by atoms with Crippen molar-refractivity contribution >= 4 is 5.91 Å². The van der Waals surface area contributed by atoms with Crippen molar-refractivity contribution in [2.75, 3.05) is 6.61 Å². The molecule has 4 heteroatoms. The van der Waals surface area contributed by atoms with Gasteiger partial charge in [0.05, 0.1) is 0 Å². The summed E-state index contributed by atoms with van der Waals surface area (Å²) in [7, 11) is 0. The van der Waals surface area contributed by atoms with E-state index in [0.29, 0.717) is 11.5 Å². The fourth-order valence-electron chi connectivity index (χ4n) is 1.65. The Morgan fingerprint density at radius 3 is 2.72 bits per heavy atom. The van der Waals surface area contributed by atoms with E-state index in [9.17, 15) is 4.79 Å². The van der Waals surface area contributed by atoms with Gasteiger partial charge < -0.3 is 14.8 Å². The van der Waals surface area contributed by atoms with Gasteiger partial charge in [-0.1, -0.05) is 19.1 Å². The lowest BCUT2D eigenvalue weighted by Crippen LogP contribution is -2.51. The van der Waals surface area contributed by atoms with E-state index in [4.69, 9.17) is 9.47 Å². The Morgan fingerprint density at radius 1 is 1.39 bits per heavy atom. The van der Waals surface area contributed by atoms with Crippen LogP contribution in [0.15, 0.2) is 24.3 Å². The molecule has 0 saturated carbocycles. The number of rotatable bonds is 3. The maximum absolute atomic E-state index is 12.1. The second-order valence-electron chi connectivity index (χ2n) is 5.09.